The number of sulfonamides is 1. The number of benzene rings is 1. The number of hydrogen-bond donors (Lipinski definition) is 1. The molecular weight excluding hydrogens is 347 g/mol. The highest BCUT2D eigenvalue weighted by Crippen LogP contribution is 2.20. The number of halogens is 2. The Bertz CT molecular complexity index is 580. The summed E-state index contributed by atoms with van der Waals surface area (Å²) in [5.41, 5.74) is 0. The molecule has 0 spiro atoms. The Labute approximate surface area is 127 Å². The van der Waals surface area contributed by atoms with E-state index >= 15 is 0 Å². The van der Waals surface area contributed by atoms with Crippen molar-refractivity contribution in [2.75, 3.05) is 26.7 Å². The number of hydrogen-bond acceptors (Lipinski definition) is 3. The second kappa shape index (κ2) is 6.51. The molecule has 20 heavy (non-hydrogen) atoms. The summed E-state index contributed by atoms with van der Waals surface area (Å²) < 4.78 is 40.5. The molecule has 1 aromatic rings. The van der Waals surface area contributed by atoms with E-state index in [1.54, 1.807) is 0 Å². The van der Waals surface area contributed by atoms with Crippen LogP contribution in [0.5, 0.6) is 0 Å². The minimum atomic E-state index is -3.65. The Hall–Kier alpha value is -0.500. The largest absolute Gasteiger partial charge is 0.306 e. The Kier molecular flexibility index (Phi) is 5.17. The van der Waals surface area contributed by atoms with Crippen LogP contribution in [0.25, 0.3) is 0 Å². The quantitative estimate of drug-likeness (QED) is 0.890. The number of piperidine rings is 1. The SMILES string of the molecule is CN1CCCC(CNS(=O)(=O)c2ccc(Br)c(F)c2)C1. The van der Waals surface area contributed by atoms with Gasteiger partial charge < -0.3 is 4.90 Å². The maximum atomic E-state index is 13.4. The number of likely N-dealkylation sites (tertiary alicyclic amines) is 1. The first-order valence-corrected chi connectivity index (χ1v) is 8.79. The van der Waals surface area contributed by atoms with Crippen molar-refractivity contribution in [3.63, 3.8) is 0 Å². The van der Waals surface area contributed by atoms with Crippen LogP contribution in [0.3, 0.4) is 0 Å². The van der Waals surface area contributed by atoms with Crippen LogP contribution < -0.4 is 4.72 Å². The summed E-state index contributed by atoms with van der Waals surface area (Å²) in [5, 5.41) is 0. The predicted octanol–water partition coefficient (Wildman–Crippen LogP) is 2.21. The van der Waals surface area contributed by atoms with E-state index in [4.69, 9.17) is 0 Å². The number of rotatable bonds is 4. The van der Waals surface area contributed by atoms with E-state index in [0.717, 1.165) is 32.0 Å². The van der Waals surface area contributed by atoms with Gasteiger partial charge in [-0.15, -0.1) is 0 Å². The molecule has 1 saturated heterocycles. The van der Waals surface area contributed by atoms with Gasteiger partial charge in [-0.3, -0.25) is 0 Å². The van der Waals surface area contributed by atoms with E-state index < -0.39 is 15.8 Å². The summed E-state index contributed by atoms with van der Waals surface area (Å²) >= 11 is 3.01. The molecule has 1 atom stereocenters. The van der Waals surface area contributed by atoms with Gasteiger partial charge in [-0.25, -0.2) is 17.5 Å². The molecule has 1 aliphatic heterocycles. The van der Waals surface area contributed by atoms with Gasteiger partial charge in [0.25, 0.3) is 0 Å². The third-order valence-electron chi connectivity index (χ3n) is 3.49. The zero-order valence-electron chi connectivity index (χ0n) is 11.3. The van der Waals surface area contributed by atoms with Crippen molar-refractivity contribution in [2.45, 2.75) is 17.7 Å². The van der Waals surface area contributed by atoms with Gasteiger partial charge in [-0.1, -0.05) is 0 Å². The molecule has 112 valence electrons. The lowest BCUT2D eigenvalue weighted by Crippen LogP contribution is -2.39. The molecule has 0 radical (unpaired) electrons. The summed E-state index contributed by atoms with van der Waals surface area (Å²) in [6.07, 6.45) is 2.09. The highest BCUT2D eigenvalue weighted by atomic mass is 79.9. The van der Waals surface area contributed by atoms with E-state index in [0.29, 0.717) is 12.5 Å². The molecule has 0 aromatic heterocycles. The Morgan fingerprint density at radius 3 is 2.90 bits per heavy atom. The van der Waals surface area contributed by atoms with E-state index in [1.807, 2.05) is 7.05 Å². The minimum absolute atomic E-state index is 0.0395. The van der Waals surface area contributed by atoms with Crippen molar-refractivity contribution in [1.29, 1.82) is 0 Å². The molecule has 0 amide bonds. The summed E-state index contributed by atoms with van der Waals surface area (Å²) in [4.78, 5) is 2.16. The molecule has 0 bridgehead atoms. The summed E-state index contributed by atoms with van der Waals surface area (Å²) in [6.45, 7) is 2.34. The maximum absolute atomic E-state index is 13.4. The van der Waals surface area contributed by atoms with Gasteiger partial charge in [0, 0.05) is 13.1 Å². The monoisotopic (exact) mass is 364 g/mol. The Morgan fingerprint density at radius 2 is 2.25 bits per heavy atom. The Morgan fingerprint density at radius 1 is 1.50 bits per heavy atom. The van der Waals surface area contributed by atoms with Gasteiger partial charge in [-0.05, 0) is 66.5 Å². The molecular formula is C13H18BrFN2O2S. The minimum Gasteiger partial charge on any atom is -0.306 e. The third-order valence-corrected chi connectivity index (χ3v) is 5.55. The van der Waals surface area contributed by atoms with Crippen LogP contribution in [0.1, 0.15) is 12.8 Å². The van der Waals surface area contributed by atoms with Crippen LogP contribution in [0.2, 0.25) is 0 Å². The second-order valence-corrected chi connectivity index (χ2v) is 7.82. The van der Waals surface area contributed by atoms with Crippen molar-refractivity contribution >= 4 is 26.0 Å². The van der Waals surface area contributed by atoms with E-state index in [-0.39, 0.29) is 9.37 Å². The first-order valence-electron chi connectivity index (χ1n) is 6.52. The Balaban J connectivity index is 2.01. The lowest BCUT2D eigenvalue weighted by Gasteiger charge is -2.29. The van der Waals surface area contributed by atoms with E-state index in [9.17, 15) is 12.8 Å². The van der Waals surface area contributed by atoms with Gasteiger partial charge in [-0.2, -0.15) is 0 Å². The maximum Gasteiger partial charge on any atom is 0.240 e. The first kappa shape index (κ1) is 15.9. The molecule has 1 N–H and O–H groups in total. The number of nitrogens with one attached hydrogen (secondary N) is 1. The molecule has 4 nitrogen and oxygen atoms in total. The molecule has 1 aromatic carbocycles. The molecule has 1 heterocycles. The van der Waals surface area contributed by atoms with Crippen LogP contribution in [-0.2, 0) is 10.0 Å². The smallest absolute Gasteiger partial charge is 0.240 e. The molecule has 7 heteroatoms. The molecule has 0 saturated carbocycles. The highest BCUT2D eigenvalue weighted by Gasteiger charge is 2.21. The van der Waals surface area contributed by atoms with Gasteiger partial charge >= 0.3 is 0 Å². The highest BCUT2D eigenvalue weighted by molar-refractivity contribution is 9.10. The standard InChI is InChI=1S/C13H18BrFN2O2S/c1-17-6-2-3-10(9-17)8-16-20(18,19)11-4-5-12(14)13(15)7-11/h4-5,7,10,16H,2-3,6,8-9H2,1H3. The molecule has 1 aliphatic rings. The first-order chi connectivity index (χ1) is 9.38. The predicted molar refractivity (Wildman–Crippen MR) is 79.5 cm³/mol. The summed E-state index contributed by atoms with van der Waals surface area (Å²) in [7, 11) is -1.61. The van der Waals surface area contributed by atoms with Gasteiger partial charge in [0.15, 0.2) is 0 Å². The van der Waals surface area contributed by atoms with Crippen LogP contribution in [0.4, 0.5) is 4.39 Å². The molecule has 1 unspecified atom stereocenters. The molecule has 2 rings (SSSR count). The van der Waals surface area contributed by atoms with Crippen LogP contribution in [0.15, 0.2) is 27.6 Å². The van der Waals surface area contributed by atoms with Gasteiger partial charge in [0.1, 0.15) is 5.82 Å². The number of nitrogens with zero attached hydrogens (tertiary/aromatic N) is 1. The van der Waals surface area contributed by atoms with Crippen molar-refractivity contribution in [3.8, 4) is 0 Å². The zero-order valence-corrected chi connectivity index (χ0v) is 13.7. The fourth-order valence-corrected chi connectivity index (χ4v) is 3.77. The van der Waals surface area contributed by atoms with Crippen LogP contribution in [-0.4, -0.2) is 40.0 Å². The van der Waals surface area contributed by atoms with Crippen molar-refractivity contribution in [3.05, 3.63) is 28.5 Å². The van der Waals surface area contributed by atoms with Gasteiger partial charge in [0.2, 0.25) is 10.0 Å². The average Bonchev–Trinajstić information content (AvgIpc) is 2.40. The van der Waals surface area contributed by atoms with Gasteiger partial charge in [0.05, 0.1) is 9.37 Å². The topological polar surface area (TPSA) is 49.4 Å². The fourth-order valence-electron chi connectivity index (χ4n) is 2.39. The second-order valence-electron chi connectivity index (χ2n) is 5.20. The molecule has 1 fully saturated rings. The summed E-state index contributed by atoms with van der Waals surface area (Å²) in [5.74, 6) is -0.269. The van der Waals surface area contributed by atoms with Crippen LogP contribution in [0, 0.1) is 11.7 Å². The zero-order chi connectivity index (χ0) is 14.8. The van der Waals surface area contributed by atoms with Crippen molar-refractivity contribution in [1.82, 2.24) is 9.62 Å². The fraction of sp³-hybridized carbons (Fsp3) is 0.538. The van der Waals surface area contributed by atoms with Crippen LogP contribution >= 0.6 is 15.9 Å². The van der Waals surface area contributed by atoms with Crippen molar-refractivity contribution in [2.24, 2.45) is 5.92 Å². The normalized spacial score (nSPS) is 21.1. The van der Waals surface area contributed by atoms with E-state index in [2.05, 4.69) is 25.6 Å². The van der Waals surface area contributed by atoms with Crippen molar-refractivity contribution < 1.29 is 12.8 Å². The molecule has 0 aliphatic carbocycles. The van der Waals surface area contributed by atoms with E-state index in [1.165, 1.54) is 12.1 Å². The third kappa shape index (κ3) is 4.00. The lowest BCUT2D eigenvalue weighted by molar-refractivity contribution is 0.211. The summed E-state index contributed by atoms with van der Waals surface area (Å²) in [6, 6.07) is 3.82. The lowest BCUT2D eigenvalue weighted by atomic mass is 9.99. The average molecular weight is 365 g/mol.